The lowest BCUT2D eigenvalue weighted by Crippen LogP contribution is -2.43. The summed E-state index contributed by atoms with van der Waals surface area (Å²) in [4.78, 5) is 26.9. The van der Waals surface area contributed by atoms with E-state index >= 15 is 0 Å². The second-order valence-corrected chi connectivity index (χ2v) is 6.33. The van der Waals surface area contributed by atoms with E-state index in [4.69, 9.17) is 18.6 Å². The number of nitrogens with zero attached hydrogens (tertiary/aromatic N) is 1. The van der Waals surface area contributed by atoms with Crippen molar-refractivity contribution in [1.29, 1.82) is 0 Å². The first-order chi connectivity index (χ1) is 13.6. The van der Waals surface area contributed by atoms with Crippen molar-refractivity contribution in [2.75, 3.05) is 39.3 Å². The molecule has 1 aliphatic rings. The van der Waals surface area contributed by atoms with E-state index in [-0.39, 0.29) is 17.6 Å². The minimum absolute atomic E-state index is 0.234. The van der Waals surface area contributed by atoms with Crippen molar-refractivity contribution in [3.63, 3.8) is 0 Å². The van der Waals surface area contributed by atoms with Gasteiger partial charge < -0.3 is 28.8 Å². The van der Waals surface area contributed by atoms with E-state index in [1.165, 1.54) is 6.26 Å². The Bertz CT molecular complexity index is 805. The van der Waals surface area contributed by atoms with Gasteiger partial charge in [-0.25, -0.2) is 0 Å². The molecule has 1 N–H and O–H groups in total. The Hall–Kier alpha value is -3.00. The van der Waals surface area contributed by atoms with Crippen LogP contribution in [0.4, 0.5) is 5.69 Å². The molecule has 2 aromatic rings. The van der Waals surface area contributed by atoms with Gasteiger partial charge in [0.1, 0.15) is 12.6 Å². The van der Waals surface area contributed by atoms with Gasteiger partial charge in [0.25, 0.3) is 5.91 Å². The maximum Gasteiger partial charge on any atom is 0.290 e. The topological polar surface area (TPSA) is 90.2 Å². The molecule has 0 radical (unpaired) electrons. The van der Waals surface area contributed by atoms with Crippen LogP contribution in [-0.2, 0) is 9.53 Å². The predicted molar refractivity (Wildman–Crippen MR) is 102 cm³/mol. The number of benzene rings is 1. The quantitative estimate of drug-likeness (QED) is 0.699. The molecule has 28 heavy (non-hydrogen) atoms. The summed E-state index contributed by atoms with van der Waals surface area (Å²) in [6.45, 7) is 1.32. The van der Waals surface area contributed by atoms with Crippen molar-refractivity contribution in [3.05, 3.63) is 42.4 Å². The molecule has 3 rings (SSSR count). The molecule has 8 nitrogen and oxygen atoms in total. The molecule has 1 fully saturated rings. The first-order valence-electron chi connectivity index (χ1n) is 9.09. The lowest BCUT2D eigenvalue weighted by Gasteiger charge is -2.23. The molecule has 1 aromatic carbocycles. The SMILES string of the molecule is COCCOc1cc(NC(=O)C2CCCN2C(=O)c2ccco2)ccc1OC. The van der Waals surface area contributed by atoms with Crippen LogP contribution < -0.4 is 14.8 Å². The molecular weight excluding hydrogens is 364 g/mol. The highest BCUT2D eigenvalue weighted by Crippen LogP contribution is 2.31. The summed E-state index contributed by atoms with van der Waals surface area (Å²) in [5.74, 6) is 0.779. The van der Waals surface area contributed by atoms with Crippen molar-refractivity contribution < 1.29 is 28.2 Å². The van der Waals surface area contributed by atoms with Gasteiger partial charge in [-0.3, -0.25) is 9.59 Å². The Morgan fingerprint density at radius 1 is 1.21 bits per heavy atom. The number of hydrogen-bond acceptors (Lipinski definition) is 6. The standard InChI is InChI=1S/C20H24N2O6/c1-25-11-12-28-18-13-14(7-8-16(18)26-2)21-19(23)15-5-3-9-22(15)20(24)17-6-4-10-27-17/h4,6-8,10,13,15H,3,5,9,11-12H2,1-2H3,(H,21,23). The fourth-order valence-corrected chi connectivity index (χ4v) is 3.15. The summed E-state index contributed by atoms with van der Waals surface area (Å²) in [5, 5.41) is 2.87. The maximum atomic E-state index is 12.8. The smallest absolute Gasteiger partial charge is 0.290 e. The Labute approximate surface area is 163 Å². The number of likely N-dealkylation sites (tertiary alicyclic amines) is 1. The number of rotatable bonds is 8. The molecular formula is C20H24N2O6. The van der Waals surface area contributed by atoms with Gasteiger partial charge in [0, 0.05) is 25.4 Å². The van der Waals surface area contributed by atoms with Crippen LogP contribution in [0.2, 0.25) is 0 Å². The van der Waals surface area contributed by atoms with Gasteiger partial charge in [-0.2, -0.15) is 0 Å². The van der Waals surface area contributed by atoms with Crippen LogP contribution in [0.5, 0.6) is 11.5 Å². The van der Waals surface area contributed by atoms with Crippen molar-refractivity contribution in [2.45, 2.75) is 18.9 Å². The van der Waals surface area contributed by atoms with E-state index in [0.29, 0.717) is 43.4 Å². The summed E-state index contributed by atoms with van der Waals surface area (Å²) in [6.07, 6.45) is 2.81. The van der Waals surface area contributed by atoms with Gasteiger partial charge in [0.05, 0.1) is 20.0 Å². The molecule has 2 amide bonds. The van der Waals surface area contributed by atoms with Crippen LogP contribution in [0.1, 0.15) is 23.4 Å². The number of carbonyl (C=O) groups is 2. The molecule has 1 atom stereocenters. The molecule has 0 aliphatic carbocycles. The van der Waals surface area contributed by atoms with Gasteiger partial charge in [-0.05, 0) is 37.1 Å². The van der Waals surface area contributed by atoms with E-state index in [2.05, 4.69) is 5.32 Å². The minimum atomic E-state index is -0.544. The van der Waals surface area contributed by atoms with Crippen LogP contribution in [0.15, 0.2) is 41.0 Å². The van der Waals surface area contributed by atoms with Crippen LogP contribution in [0, 0.1) is 0 Å². The maximum absolute atomic E-state index is 12.8. The largest absolute Gasteiger partial charge is 0.493 e. The number of furan rings is 1. The van der Waals surface area contributed by atoms with Crippen LogP contribution >= 0.6 is 0 Å². The van der Waals surface area contributed by atoms with Crippen molar-refractivity contribution in [2.24, 2.45) is 0 Å². The lowest BCUT2D eigenvalue weighted by molar-refractivity contribution is -0.119. The van der Waals surface area contributed by atoms with E-state index in [0.717, 1.165) is 6.42 Å². The van der Waals surface area contributed by atoms with E-state index in [1.54, 1.807) is 49.5 Å². The Balaban J connectivity index is 1.69. The van der Waals surface area contributed by atoms with Crippen molar-refractivity contribution >= 4 is 17.5 Å². The highest BCUT2D eigenvalue weighted by atomic mass is 16.5. The molecule has 1 aliphatic heterocycles. The molecule has 0 bridgehead atoms. The fourth-order valence-electron chi connectivity index (χ4n) is 3.15. The van der Waals surface area contributed by atoms with E-state index in [1.807, 2.05) is 0 Å². The molecule has 1 aromatic heterocycles. The van der Waals surface area contributed by atoms with Gasteiger partial charge in [0.15, 0.2) is 17.3 Å². The summed E-state index contributed by atoms with van der Waals surface area (Å²) in [5.41, 5.74) is 0.565. The molecule has 0 saturated carbocycles. The average Bonchev–Trinajstić information content (AvgIpc) is 3.40. The third kappa shape index (κ3) is 4.45. The summed E-state index contributed by atoms with van der Waals surface area (Å²) >= 11 is 0. The molecule has 2 heterocycles. The predicted octanol–water partition coefficient (Wildman–Crippen LogP) is 2.56. The van der Waals surface area contributed by atoms with Gasteiger partial charge in [-0.1, -0.05) is 0 Å². The summed E-state index contributed by atoms with van der Waals surface area (Å²) < 4.78 is 21.1. The molecule has 0 spiro atoms. The number of anilines is 1. The average molecular weight is 388 g/mol. The zero-order chi connectivity index (χ0) is 19.9. The lowest BCUT2D eigenvalue weighted by atomic mass is 10.2. The number of amides is 2. The first kappa shape index (κ1) is 19.8. The Kier molecular flexibility index (Phi) is 6.54. The number of hydrogen-bond donors (Lipinski definition) is 1. The number of ether oxygens (including phenoxy) is 3. The van der Waals surface area contributed by atoms with E-state index < -0.39 is 6.04 Å². The Morgan fingerprint density at radius 2 is 2.07 bits per heavy atom. The zero-order valence-corrected chi connectivity index (χ0v) is 16.0. The van der Waals surface area contributed by atoms with Crippen molar-refractivity contribution in [1.82, 2.24) is 4.90 Å². The highest BCUT2D eigenvalue weighted by Gasteiger charge is 2.35. The van der Waals surface area contributed by atoms with E-state index in [9.17, 15) is 9.59 Å². The highest BCUT2D eigenvalue weighted by molar-refractivity contribution is 6.00. The first-order valence-corrected chi connectivity index (χ1v) is 9.09. The molecule has 150 valence electrons. The minimum Gasteiger partial charge on any atom is -0.493 e. The van der Waals surface area contributed by atoms with Gasteiger partial charge in [0.2, 0.25) is 5.91 Å². The molecule has 1 unspecified atom stereocenters. The number of methoxy groups -OCH3 is 2. The van der Waals surface area contributed by atoms with Gasteiger partial charge in [-0.15, -0.1) is 0 Å². The normalized spacial score (nSPS) is 16.1. The molecule has 8 heteroatoms. The van der Waals surface area contributed by atoms with Crippen molar-refractivity contribution in [3.8, 4) is 11.5 Å². The summed E-state index contributed by atoms with van der Waals surface area (Å²) in [7, 11) is 3.14. The molecule has 1 saturated heterocycles. The van der Waals surface area contributed by atoms with Crippen LogP contribution in [-0.4, -0.2) is 56.7 Å². The van der Waals surface area contributed by atoms with Crippen LogP contribution in [0.3, 0.4) is 0 Å². The summed E-state index contributed by atoms with van der Waals surface area (Å²) in [6, 6.07) is 7.85. The fraction of sp³-hybridized carbons (Fsp3) is 0.400. The van der Waals surface area contributed by atoms with Crippen LogP contribution in [0.25, 0.3) is 0 Å². The third-order valence-electron chi connectivity index (χ3n) is 4.52. The number of nitrogens with one attached hydrogen (secondary N) is 1. The second kappa shape index (κ2) is 9.27. The second-order valence-electron chi connectivity index (χ2n) is 6.33. The Morgan fingerprint density at radius 3 is 2.79 bits per heavy atom. The third-order valence-corrected chi connectivity index (χ3v) is 4.52. The zero-order valence-electron chi connectivity index (χ0n) is 16.0. The van der Waals surface area contributed by atoms with Gasteiger partial charge >= 0.3 is 0 Å². The monoisotopic (exact) mass is 388 g/mol. The number of carbonyl (C=O) groups excluding carboxylic acids is 2.